The number of carbonyl (C=O) groups is 2. The average Bonchev–Trinajstić information content (AvgIpc) is 3.29. The predicted molar refractivity (Wildman–Crippen MR) is 144 cm³/mol. The van der Waals surface area contributed by atoms with E-state index in [1.165, 1.54) is 0 Å². The normalized spacial score (nSPS) is 19.2. The number of carbonyl (C=O) groups excluding carboxylic acids is 2. The van der Waals surface area contributed by atoms with Crippen LogP contribution in [0.1, 0.15) is 51.9 Å². The van der Waals surface area contributed by atoms with Gasteiger partial charge in [-0.15, -0.1) is 11.3 Å². The molecule has 1 amide bonds. The first-order valence-corrected chi connectivity index (χ1v) is 13.1. The molecule has 2 N–H and O–H groups in total. The number of benzene rings is 1. The average molecular weight is 505 g/mol. The number of nitrogens with zero attached hydrogens (tertiary/aromatic N) is 3. The van der Waals surface area contributed by atoms with Gasteiger partial charge < -0.3 is 20.3 Å². The van der Waals surface area contributed by atoms with Crippen LogP contribution in [-0.4, -0.2) is 62.0 Å². The highest BCUT2D eigenvalue weighted by molar-refractivity contribution is 7.19. The van der Waals surface area contributed by atoms with Gasteiger partial charge in [0.2, 0.25) is 0 Å². The largest absolute Gasteiger partial charge is 0.378 e. The predicted octanol–water partition coefficient (Wildman–Crippen LogP) is 4.63. The number of rotatable bonds is 4. The third-order valence-corrected chi connectivity index (χ3v) is 8.41. The molecule has 5 rings (SSSR count). The van der Waals surface area contributed by atoms with Crippen LogP contribution >= 0.6 is 11.3 Å². The smallest absolute Gasteiger partial charge is 0.253 e. The summed E-state index contributed by atoms with van der Waals surface area (Å²) in [5.41, 5.74) is 11.7. The number of nitrogens with two attached hydrogens (primary N) is 1. The molecule has 0 radical (unpaired) electrons. The fraction of sp³-hybridized carbons (Fsp3) is 0.393. The van der Waals surface area contributed by atoms with Gasteiger partial charge in [0.1, 0.15) is 5.00 Å². The number of anilines is 1. The lowest BCUT2D eigenvalue weighted by Crippen LogP contribution is -2.37. The highest BCUT2D eigenvalue weighted by Crippen LogP contribution is 2.53. The highest BCUT2D eigenvalue weighted by atomic mass is 32.1. The first kappa shape index (κ1) is 24.6. The number of fused-ring (bicyclic) bond motifs is 1. The lowest BCUT2D eigenvalue weighted by Gasteiger charge is -2.36. The summed E-state index contributed by atoms with van der Waals surface area (Å²) < 4.78 is 5.60. The van der Waals surface area contributed by atoms with Crippen molar-refractivity contribution in [2.45, 2.75) is 26.3 Å². The SMILES string of the molecule is CN(C)C(=O)c1cccc(-c2cc(-c3c(N4CCOCC4)sc4c3C(N)C(C)(C)CC4=O)ccn2)c1. The Morgan fingerprint density at radius 2 is 1.92 bits per heavy atom. The molecule has 3 aromatic rings. The molecule has 1 saturated heterocycles. The van der Waals surface area contributed by atoms with E-state index in [2.05, 4.69) is 23.7 Å². The maximum absolute atomic E-state index is 13.2. The van der Waals surface area contributed by atoms with Crippen molar-refractivity contribution in [2.75, 3.05) is 45.3 Å². The van der Waals surface area contributed by atoms with Crippen molar-refractivity contribution in [3.05, 3.63) is 58.6 Å². The summed E-state index contributed by atoms with van der Waals surface area (Å²) in [7, 11) is 3.49. The molecule has 1 aliphatic carbocycles. The summed E-state index contributed by atoms with van der Waals surface area (Å²) >= 11 is 1.56. The van der Waals surface area contributed by atoms with Crippen LogP contribution in [-0.2, 0) is 4.74 Å². The van der Waals surface area contributed by atoms with Crippen molar-refractivity contribution in [3.63, 3.8) is 0 Å². The molecule has 0 saturated carbocycles. The van der Waals surface area contributed by atoms with Gasteiger partial charge in [-0.2, -0.15) is 0 Å². The van der Waals surface area contributed by atoms with Gasteiger partial charge in [0, 0.05) is 68.1 Å². The summed E-state index contributed by atoms with van der Waals surface area (Å²) in [6.07, 6.45) is 2.23. The van der Waals surface area contributed by atoms with Crippen LogP contribution < -0.4 is 10.6 Å². The van der Waals surface area contributed by atoms with E-state index in [1.54, 1.807) is 36.5 Å². The van der Waals surface area contributed by atoms with Crippen molar-refractivity contribution in [3.8, 4) is 22.4 Å². The van der Waals surface area contributed by atoms with Crippen molar-refractivity contribution in [1.82, 2.24) is 9.88 Å². The van der Waals surface area contributed by atoms with Crippen molar-refractivity contribution >= 4 is 28.0 Å². The van der Waals surface area contributed by atoms with Crippen LogP contribution in [0.25, 0.3) is 22.4 Å². The fourth-order valence-corrected chi connectivity index (χ4v) is 6.37. The zero-order valence-corrected chi connectivity index (χ0v) is 22.0. The molecule has 1 atom stereocenters. The molecule has 3 heterocycles. The van der Waals surface area contributed by atoms with E-state index in [0.717, 1.165) is 50.9 Å². The molecule has 0 spiro atoms. The second-order valence-electron chi connectivity index (χ2n) is 10.4. The molecule has 36 heavy (non-hydrogen) atoms. The van der Waals surface area contributed by atoms with Gasteiger partial charge >= 0.3 is 0 Å². The number of ether oxygens (including phenoxy) is 1. The number of aromatic nitrogens is 1. The van der Waals surface area contributed by atoms with E-state index in [-0.39, 0.29) is 23.1 Å². The number of hydrogen-bond acceptors (Lipinski definition) is 7. The standard InChI is InChI=1S/C28H32N4O3S/c1-28(2)16-21(33)24-23(25(28)29)22(27(36-24)32-10-12-35-13-11-32)18-8-9-30-20(15-18)17-6-5-7-19(14-17)26(34)31(3)4/h5-9,14-15,25H,10-13,16,29H2,1-4H3. The maximum atomic E-state index is 13.2. The minimum absolute atomic E-state index is 0.0544. The first-order valence-electron chi connectivity index (χ1n) is 12.2. The van der Waals surface area contributed by atoms with Gasteiger partial charge in [-0.1, -0.05) is 26.0 Å². The van der Waals surface area contributed by atoms with Gasteiger partial charge in [0.15, 0.2) is 5.78 Å². The van der Waals surface area contributed by atoms with Crippen LogP contribution in [0, 0.1) is 5.41 Å². The number of pyridine rings is 1. The lowest BCUT2D eigenvalue weighted by atomic mass is 9.71. The topological polar surface area (TPSA) is 88.8 Å². The molecule has 1 fully saturated rings. The fourth-order valence-electron chi connectivity index (χ4n) is 5.01. The van der Waals surface area contributed by atoms with E-state index in [1.807, 2.05) is 36.4 Å². The Bertz CT molecular complexity index is 1320. The minimum atomic E-state index is -0.334. The third-order valence-electron chi connectivity index (χ3n) is 7.11. The van der Waals surface area contributed by atoms with E-state index in [9.17, 15) is 9.59 Å². The molecular formula is C28H32N4O3S. The summed E-state index contributed by atoms with van der Waals surface area (Å²) in [6.45, 7) is 6.99. The Labute approximate surface area is 215 Å². The van der Waals surface area contributed by atoms with Gasteiger partial charge in [0.05, 0.1) is 23.8 Å². The van der Waals surface area contributed by atoms with Crippen LogP contribution in [0.2, 0.25) is 0 Å². The minimum Gasteiger partial charge on any atom is -0.378 e. The number of ketones is 1. The lowest BCUT2D eigenvalue weighted by molar-refractivity contribution is 0.0826. The number of hydrogen-bond donors (Lipinski definition) is 1. The Hall–Kier alpha value is -3.07. The third kappa shape index (κ3) is 4.34. The summed E-state index contributed by atoms with van der Waals surface area (Å²) in [6, 6.07) is 11.3. The van der Waals surface area contributed by atoms with Crippen molar-refractivity contribution in [1.29, 1.82) is 0 Å². The maximum Gasteiger partial charge on any atom is 0.253 e. The van der Waals surface area contributed by atoms with Gasteiger partial charge in [0.25, 0.3) is 5.91 Å². The Kier molecular flexibility index (Phi) is 6.44. The summed E-state index contributed by atoms with van der Waals surface area (Å²) in [5, 5.41) is 1.07. The van der Waals surface area contributed by atoms with E-state index in [4.69, 9.17) is 10.5 Å². The molecule has 188 valence electrons. The molecular weight excluding hydrogens is 472 g/mol. The van der Waals surface area contributed by atoms with Crippen molar-refractivity contribution < 1.29 is 14.3 Å². The van der Waals surface area contributed by atoms with Crippen molar-refractivity contribution in [2.24, 2.45) is 11.1 Å². The number of thiophene rings is 1. The molecule has 1 aliphatic heterocycles. The zero-order valence-electron chi connectivity index (χ0n) is 21.2. The number of amides is 1. The molecule has 2 aliphatic rings. The van der Waals surface area contributed by atoms with E-state index in [0.29, 0.717) is 25.2 Å². The van der Waals surface area contributed by atoms with Crippen LogP contribution in [0.4, 0.5) is 5.00 Å². The monoisotopic (exact) mass is 504 g/mol. The first-order chi connectivity index (χ1) is 17.2. The second kappa shape index (κ2) is 9.42. The molecule has 2 aromatic heterocycles. The van der Waals surface area contributed by atoms with Gasteiger partial charge in [-0.05, 0) is 35.2 Å². The van der Waals surface area contributed by atoms with Crippen LogP contribution in [0.5, 0.6) is 0 Å². The summed E-state index contributed by atoms with van der Waals surface area (Å²) in [4.78, 5) is 35.0. The van der Waals surface area contributed by atoms with Gasteiger partial charge in [-0.25, -0.2) is 0 Å². The summed E-state index contributed by atoms with van der Waals surface area (Å²) in [5.74, 6) is 0.105. The Balaban J connectivity index is 1.66. The van der Waals surface area contributed by atoms with E-state index >= 15 is 0 Å². The molecule has 7 nitrogen and oxygen atoms in total. The van der Waals surface area contributed by atoms with E-state index < -0.39 is 0 Å². The number of morpholine rings is 1. The zero-order chi connectivity index (χ0) is 25.6. The molecule has 1 aromatic carbocycles. The molecule has 0 bridgehead atoms. The highest BCUT2D eigenvalue weighted by Gasteiger charge is 2.42. The van der Waals surface area contributed by atoms with Crippen LogP contribution in [0.15, 0.2) is 42.6 Å². The quantitative estimate of drug-likeness (QED) is 0.557. The molecule has 8 heteroatoms. The Morgan fingerprint density at radius 1 is 1.17 bits per heavy atom. The number of Topliss-reactive ketones (excluding diaryl/α,β-unsaturated/α-hetero) is 1. The van der Waals surface area contributed by atoms with Crippen LogP contribution in [0.3, 0.4) is 0 Å². The molecule has 1 unspecified atom stereocenters. The Morgan fingerprint density at radius 3 is 2.64 bits per heavy atom. The van der Waals surface area contributed by atoms with Gasteiger partial charge in [-0.3, -0.25) is 14.6 Å². The second-order valence-corrected chi connectivity index (χ2v) is 11.4.